The highest BCUT2D eigenvalue weighted by atomic mass is 32.2. The number of nitrogens with zero attached hydrogens (tertiary/aromatic N) is 3. The average Bonchev–Trinajstić information content (AvgIpc) is 3.34. The van der Waals surface area contributed by atoms with E-state index < -0.39 is 10.0 Å². The van der Waals surface area contributed by atoms with Crippen LogP contribution >= 0.6 is 0 Å². The molecule has 1 saturated heterocycles. The van der Waals surface area contributed by atoms with Gasteiger partial charge in [0, 0.05) is 24.6 Å². The summed E-state index contributed by atoms with van der Waals surface area (Å²) in [6.45, 7) is 2.47. The molecule has 0 aromatic carbocycles. The highest BCUT2D eigenvalue weighted by Crippen LogP contribution is 2.35. The van der Waals surface area contributed by atoms with E-state index in [9.17, 15) is 8.42 Å². The second kappa shape index (κ2) is 6.57. The Kier molecular flexibility index (Phi) is 4.41. The lowest BCUT2D eigenvalue weighted by molar-refractivity contribution is 0.262. The van der Waals surface area contributed by atoms with Gasteiger partial charge >= 0.3 is 0 Å². The predicted molar refractivity (Wildman–Crippen MR) is 90.4 cm³/mol. The maximum Gasteiger partial charge on any atom is 0.276 e. The summed E-state index contributed by atoms with van der Waals surface area (Å²) in [5.41, 5.74) is 0.514. The van der Waals surface area contributed by atoms with Crippen LogP contribution in [-0.2, 0) is 10.0 Å². The molecule has 0 amide bonds. The van der Waals surface area contributed by atoms with Crippen LogP contribution in [0.1, 0.15) is 63.7 Å². The van der Waals surface area contributed by atoms with Crippen molar-refractivity contribution in [2.75, 3.05) is 6.54 Å². The molecule has 25 heavy (non-hydrogen) atoms. The third-order valence-electron chi connectivity index (χ3n) is 5.27. The Morgan fingerprint density at radius 3 is 2.64 bits per heavy atom. The van der Waals surface area contributed by atoms with Crippen molar-refractivity contribution in [3.8, 4) is 11.5 Å². The van der Waals surface area contributed by atoms with Crippen LogP contribution < -0.4 is 0 Å². The fraction of sp³-hybridized carbons (Fsp3) is 0.647. The first-order valence-corrected chi connectivity index (χ1v) is 10.4. The van der Waals surface area contributed by atoms with Gasteiger partial charge in [-0.15, -0.1) is 10.2 Å². The van der Waals surface area contributed by atoms with Crippen LogP contribution in [0.3, 0.4) is 0 Å². The molecule has 2 aromatic rings. The molecule has 0 radical (unpaired) electrons. The van der Waals surface area contributed by atoms with E-state index in [0.717, 1.165) is 32.1 Å². The van der Waals surface area contributed by atoms with Gasteiger partial charge in [-0.1, -0.05) is 19.3 Å². The van der Waals surface area contributed by atoms with E-state index in [1.165, 1.54) is 29.5 Å². The van der Waals surface area contributed by atoms with Gasteiger partial charge in [-0.25, -0.2) is 8.42 Å². The van der Waals surface area contributed by atoms with Gasteiger partial charge in [-0.3, -0.25) is 0 Å². The topological polar surface area (TPSA) is 89.4 Å². The third kappa shape index (κ3) is 3.13. The summed E-state index contributed by atoms with van der Waals surface area (Å²) in [5.74, 6) is 1.28. The van der Waals surface area contributed by atoms with E-state index in [-0.39, 0.29) is 11.1 Å². The van der Waals surface area contributed by atoms with Crippen molar-refractivity contribution in [3.05, 3.63) is 18.2 Å². The van der Waals surface area contributed by atoms with Gasteiger partial charge in [-0.2, -0.15) is 4.31 Å². The molecule has 136 valence electrons. The van der Waals surface area contributed by atoms with Crippen LogP contribution in [0.4, 0.5) is 0 Å². The molecule has 1 aliphatic heterocycles. The number of hydrogen-bond donors (Lipinski definition) is 0. The molecule has 1 unspecified atom stereocenters. The van der Waals surface area contributed by atoms with Crippen molar-refractivity contribution in [1.29, 1.82) is 0 Å². The molecule has 0 bridgehead atoms. The molecule has 2 aromatic heterocycles. The number of aromatic nitrogens is 2. The van der Waals surface area contributed by atoms with Gasteiger partial charge in [0.25, 0.3) is 15.9 Å². The van der Waals surface area contributed by atoms with Crippen LogP contribution in [-0.4, -0.2) is 35.5 Å². The number of piperidine rings is 1. The normalized spacial score (nSPS) is 23.3. The van der Waals surface area contributed by atoms with Gasteiger partial charge in [0.1, 0.15) is 6.26 Å². The van der Waals surface area contributed by atoms with Crippen LogP contribution in [0.15, 0.2) is 26.3 Å². The quantitative estimate of drug-likeness (QED) is 0.823. The van der Waals surface area contributed by atoms with Crippen molar-refractivity contribution in [2.24, 2.45) is 0 Å². The second-order valence-electron chi connectivity index (χ2n) is 7.04. The zero-order valence-electron chi connectivity index (χ0n) is 14.3. The summed E-state index contributed by atoms with van der Waals surface area (Å²) in [6.07, 6.45) is 8.71. The molecule has 2 fully saturated rings. The van der Waals surface area contributed by atoms with Crippen LogP contribution in [0, 0.1) is 0 Å². The van der Waals surface area contributed by atoms with Crippen LogP contribution in [0.25, 0.3) is 11.5 Å². The Morgan fingerprint density at radius 1 is 1.12 bits per heavy atom. The van der Waals surface area contributed by atoms with E-state index in [2.05, 4.69) is 10.2 Å². The van der Waals surface area contributed by atoms with Gasteiger partial charge in [0.15, 0.2) is 0 Å². The molecule has 7 nitrogen and oxygen atoms in total. The molecular weight excluding hydrogens is 342 g/mol. The Bertz CT molecular complexity index is 836. The molecule has 1 atom stereocenters. The van der Waals surface area contributed by atoms with E-state index in [0.29, 0.717) is 29.8 Å². The van der Waals surface area contributed by atoms with Gasteiger partial charge < -0.3 is 8.83 Å². The Hall–Kier alpha value is -1.67. The molecule has 1 aliphatic carbocycles. The van der Waals surface area contributed by atoms with E-state index >= 15 is 0 Å². The van der Waals surface area contributed by atoms with Crippen molar-refractivity contribution >= 4 is 10.0 Å². The van der Waals surface area contributed by atoms with Gasteiger partial charge in [0.05, 0.1) is 5.56 Å². The van der Waals surface area contributed by atoms with Crippen molar-refractivity contribution < 1.29 is 17.3 Å². The van der Waals surface area contributed by atoms with E-state index in [4.69, 9.17) is 8.83 Å². The zero-order chi connectivity index (χ0) is 17.4. The summed E-state index contributed by atoms with van der Waals surface area (Å²) in [5, 5.41) is 8.14. The van der Waals surface area contributed by atoms with Gasteiger partial charge in [0.2, 0.25) is 11.0 Å². The van der Waals surface area contributed by atoms with Crippen LogP contribution in [0.2, 0.25) is 0 Å². The first kappa shape index (κ1) is 16.8. The molecule has 4 rings (SSSR count). The number of rotatable bonds is 4. The maximum absolute atomic E-state index is 12.8. The largest absolute Gasteiger partial charge is 0.451 e. The van der Waals surface area contributed by atoms with E-state index in [1.54, 1.807) is 0 Å². The summed E-state index contributed by atoms with van der Waals surface area (Å²) < 4.78 is 38.3. The van der Waals surface area contributed by atoms with Crippen molar-refractivity contribution in [1.82, 2.24) is 14.5 Å². The fourth-order valence-corrected chi connectivity index (χ4v) is 5.42. The first-order valence-electron chi connectivity index (χ1n) is 9.00. The van der Waals surface area contributed by atoms with E-state index in [1.807, 2.05) is 6.92 Å². The smallest absolute Gasteiger partial charge is 0.276 e. The van der Waals surface area contributed by atoms with Gasteiger partial charge in [-0.05, 0) is 32.6 Å². The van der Waals surface area contributed by atoms with Crippen molar-refractivity contribution in [2.45, 2.75) is 68.9 Å². The molecular formula is C17H23N3O4S. The number of sulfonamides is 1. The molecule has 1 saturated carbocycles. The average molecular weight is 365 g/mol. The number of furan rings is 1. The molecule has 0 spiro atoms. The first-order chi connectivity index (χ1) is 12.1. The molecule has 8 heteroatoms. The molecule has 2 aliphatic rings. The minimum absolute atomic E-state index is 0.00956. The molecule has 0 N–H and O–H groups in total. The summed E-state index contributed by atoms with van der Waals surface area (Å²) in [4.78, 5) is 0. The summed E-state index contributed by atoms with van der Waals surface area (Å²) in [7, 11) is -3.63. The lowest BCUT2D eigenvalue weighted by atomic mass is 10.1. The lowest BCUT2D eigenvalue weighted by Crippen LogP contribution is -2.41. The summed E-state index contributed by atoms with van der Waals surface area (Å²) in [6, 6.07) is 1.48. The highest BCUT2D eigenvalue weighted by Gasteiger charge is 2.34. The van der Waals surface area contributed by atoms with Crippen LogP contribution in [0.5, 0.6) is 0 Å². The Balaban J connectivity index is 1.57. The predicted octanol–water partition coefficient (Wildman–Crippen LogP) is 3.55. The number of hydrogen-bond acceptors (Lipinski definition) is 6. The Labute approximate surface area is 147 Å². The molecule has 3 heterocycles. The standard InChI is InChI=1S/C17H23N3O4S/c1-12-6-4-5-9-20(12)25(21,22)15-10-14(11-23-15)17-19-18-16(24-17)13-7-2-3-8-13/h10-13H,2-9H2,1H3. The monoisotopic (exact) mass is 365 g/mol. The lowest BCUT2D eigenvalue weighted by Gasteiger charge is -2.31. The summed E-state index contributed by atoms with van der Waals surface area (Å²) >= 11 is 0. The third-order valence-corrected chi connectivity index (χ3v) is 7.15. The SMILES string of the molecule is CC1CCCCN1S(=O)(=O)c1cc(-c2nnc(C3CCCC3)o2)co1. The minimum Gasteiger partial charge on any atom is -0.451 e. The fourth-order valence-electron chi connectivity index (χ4n) is 3.80. The van der Waals surface area contributed by atoms with Crippen molar-refractivity contribution in [3.63, 3.8) is 0 Å². The minimum atomic E-state index is -3.63. The Morgan fingerprint density at radius 2 is 1.88 bits per heavy atom. The zero-order valence-corrected chi connectivity index (χ0v) is 15.2. The highest BCUT2D eigenvalue weighted by molar-refractivity contribution is 7.89. The maximum atomic E-state index is 12.8. The second-order valence-corrected chi connectivity index (χ2v) is 8.86.